The van der Waals surface area contributed by atoms with Gasteiger partial charge in [-0.25, -0.2) is 0 Å². The van der Waals surface area contributed by atoms with Gasteiger partial charge < -0.3 is 0 Å². The molecule has 14 heavy (non-hydrogen) atoms. The third-order valence-electron chi connectivity index (χ3n) is 2.14. The van der Waals surface area contributed by atoms with Crippen LogP contribution in [0.5, 0.6) is 0 Å². The summed E-state index contributed by atoms with van der Waals surface area (Å²) in [6.07, 6.45) is 0. The van der Waals surface area contributed by atoms with Gasteiger partial charge in [-0.05, 0) is 20.8 Å². The maximum atomic E-state index is 11.5. The van der Waals surface area contributed by atoms with E-state index < -0.39 is 24.8 Å². The summed E-state index contributed by atoms with van der Waals surface area (Å²) in [6.45, 7) is 4.72. The molecule has 0 saturated carbocycles. The van der Waals surface area contributed by atoms with Crippen LogP contribution in [-0.2, 0) is 9.36 Å². The molecule has 1 atom stereocenters. The Kier molecular flexibility index (Phi) is 3.83. The first kappa shape index (κ1) is 13.1. The number of amides is 1. The largest absolute Gasteiger partial charge is 0.300 e. The molecule has 0 aliphatic rings. The number of nitrogens with two attached hydrogens (primary N) is 2. The van der Waals surface area contributed by atoms with Crippen LogP contribution in [0.2, 0.25) is 0 Å². The van der Waals surface area contributed by atoms with E-state index in [0.29, 0.717) is 0 Å². The van der Waals surface area contributed by atoms with Crippen LogP contribution in [-0.4, -0.2) is 5.91 Å². The maximum absolute atomic E-state index is 11.5. The number of hydrogen-bond donors (Lipinski definition) is 3. The van der Waals surface area contributed by atoms with Crippen molar-refractivity contribution < 1.29 is 9.36 Å². The number of carbonyl (C=O) groups is 1. The number of nitrogens with zero attached hydrogens (tertiary/aromatic N) is 1. The van der Waals surface area contributed by atoms with Gasteiger partial charge in [0.1, 0.15) is 0 Å². The molecule has 0 bridgehead atoms. The first-order chi connectivity index (χ1) is 6.11. The zero-order valence-corrected chi connectivity index (χ0v) is 9.34. The fraction of sp³-hybridized carbons (Fsp3) is 0.714. The summed E-state index contributed by atoms with van der Waals surface area (Å²) >= 11 is 0. The van der Waals surface area contributed by atoms with Crippen LogP contribution in [0.15, 0.2) is 0 Å². The Hall–Kier alpha value is -0.890. The van der Waals surface area contributed by atoms with Gasteiger partial charge in [0, 0.05) is 0 Å². The maximum Gasteiger partial charge on any atom is 0.300 e. The van der Waals surface area contributed by atoms with E-state index in [4.69, 9.17) is 16.3 Å². The highest BCUT2D eigenvalue weighted by molar-refractivity contribution is 7.57. The molecular formula is C7H15N4O2P. The SMILES string of the molecule is CC(C#N)C(C)(C)C(=O)NP(N)(N)=O. The summed E-state index contributed by atoms with van der Waals surface area (Å²) in [5.41, 5.74) is 9.02. The molecule has 0 radical (unpaired) electrons. The molecule has 0 saturated heterocycles. The van der Waals surface area contributed by atoms with E-state index >= 15 is 0 Å². The van der Waals surface area contributed by atoms with Gasteiger partial charge >= 0.3 is 0 Å². The lowest BCUT2D eigenvalue weighted by atomic mass is 9.80. The Balaban J connectivity index is 4.71. The average Bonchev–Trinajstić information content (AvgIpc) is 1.99. The average molecular weight is 218 g/mol. The third-order valence-corrected chi connectivity index (χ3v) is 2.69. The Morgan fingerprint density at radius 2 is 2.00 bits per heavy atom. The van der Waals surface area contributed by atoms with Gasteiger partial charge in [0.25, 0.3) is 7.59 Å². The standard InChI is InChI=1S/C7H15N4O2P/c1-5(4-8)7(2,3)6(12)11-14(9,10)13/h5H,1-3H3,(H5,9,10,11,12,13). The minimum atomic E-state index is -3.58. The molecule has 0 aromatic heterocycles. The number of nitrogens with one attached hydrogen (secondary N) is 1. The second kappa shape index (κ2) is 4.09. The number of carbonyl (C=O) groups excluding carboxylic acids is 1. The Labute approximate surface area is 83.2 Å². The van der Waals surface area contributed by atoms with Gasteiger partial charge in [0.15, 0.2) is 0 Å². The van der Waals surface area contributed by atoms with Crippen molar-refractivity contribution >= 4 is 13.5 Å². The molecule has 7 heteroatoms. The van der Waals surface area contributed by atoms with Gasteiger partial charge in [0.05, 0.1) is 17.4 Å². The first-order valence-corrected chi connectivity index (χ1v) is 5.85. The highest BCUT2D eigenvalue weighted by atomic mass is 31.2. The van der Waals surface area contributed by atoms with E-state index in [9.17, 15) is 9.36 Å². The smallest absolute Gasteiger partial charge is 0.283 e. The molecule has 0 heterocycles. The zero-order chi connectivity index (χ0) is 11.6. The van der Waals surface area contributed by atoms with Crippen molar-refractivity contribution in [1.82, 2.24) is 5.09 Å². The lowest BCUT2D eigenvalue weighted by Crippen LogP contribution is -2.41. The molecule has 1 amide bonds. The lowest BCUT2D eigenvalue weighted by Gasteiger charge is -2.26. The van der Waals surface area contributed by atoms with E-state index in [1.165, 1.54) is 0 Å². The summed E-state index contributed by atoms with van der Waals surface area (Å²) in [5, 5.41) is 10.7. The molecule has 5 N–H and O–H groups in total. The minimum absolute atomic E-state index is 0.519. The van der Waals surface area contributed by atoms with Crippen molar-refractivity contribution in [2.24, 2.45) is 22.3 Å². The highest BCUT2D eigenvalue weighted by Crippen LogP contribution is 2.29. The van der Waals surface area contributed by atoms with E-state index in [1.54, 1.807) is 20.8 Å². The third kappa shape index (κ3) is 3.46. The van der Waals surface area contributed by atoms with E-state index in [1.807, 2.05) is 11.2 Å². The van der Waals surface area contributed by atoms with E-state index in [0.717, 1.165) is 0 Å². The van der Waals surface area contributed by atoms with Gasteiger partial charge in [-0.2, -0.15) is 5.26 Å². The molecule has 0 aliphatic carbocycles. The van der Waals surface area contributed by atoms with Crippen LogP contribution in [0.1, 0.15) is 20.8 Å². The van der Waals surface area contributed by atoms with Crippen molar-refractivity contribution in [2.75, 3.05) is 0 Å². The number of hydrogen-bond acceptors (Lipinski definition) is 3. The van der Waals surface area contributed by atoms with Crippen molar-refractivity contribution in [2.45, 2.75) is 20.8 Å². The molecule has 0 rings (SSSR count). The molecular weight excluding hydrogens is 203 g/mol. The summed E-state index contributed by atoms with van der Waals surface area (Å²) in [7, 11) is -3.58. The van der Waals surface area contributed by atoms with Crippen LogP contribution in [0.4, 0.5) is 0 Å². The minimum Gasteiger partial charge on any atom is -0.283 e. The molecule has 0 aromatic rings. The van der Waals surface area contributed by atoms with Gasteiger partial charge in [-0.3, -0.25) is 25.5 Å². The predicted octanol–water partition coefficient (Wildman–Crippen LogP) is 0.314. The quantitative estimate of drug-likeness (QED) is 0.588. The molecule has 0 spiro atoms. The van der Waals surface area contributed by atoms with E-state index in [-0.39, 0.29) is 0 Å². The summed E-state index contributed by atoms with van der Waals surface area (Å²) in [4.78, 5) is 11.5. The highest BCUT2D eigenvalue weighted by Gasteiger charge is 2.36. The molecule has 1 unspecified atom stereocenters. The molecule has 0 aromatic carbocycles. The van der Waals surface area contributed by atoms with Crippen molar-refractivity contribution in [3.63, 3.8) is 0 Å². The normalized spacial score (nSPS) is 14.3. The Bertz CT molecular complexity index is 314. The van der Waals surface area contributed by atoms with Crippen LogP contribution >= 0.6 is 7.59 Å². The van der Waals surface area contributed by atoms with Crippen LogP contribution in [0.3, 0.4) is 0 Å². The monoisotopic (exact) mass is 218 g/mol. The number of nitriles is 1. The number of rotatable bonds is 3. The fourth-order valence-corrected chi connectivity index (χ4v) is 1.27. The summed E-state index contributed by atoms with van der Waals surface area (Å²) in [5.74, 6) is -1.10. The topological polar surface area (TPSA) is 122 Å². The zero-order valence-electron chi connectivity index (χ0n) is 8.44. The lowest BCUT2D eigenvalue weighted by molar-refractivity contribution is -0.128. The van der Waals surface area contributed by atoms with Gasteiger partial charge in [-0.1, -0.05) is 0 Å². The second-order valence-corrected chi connectivity index (χ2v) is 5.37. The summed E-state index contributed by atoms with van der Waals surface area (Å²) in [6, 6.07) is 1.94. The van der Waals surface area contributed by atoms with Crippen molar-refractivity contribution in [3.05, 3.63) is 0 Å². The van der Waals surface area contributed by atoms with Gasteiger partial charge in [0.2, 0.25) is 5.91 Å². The van der Waals surface area contributed by atoms with E-state index in [2.05, 4.69) is 0 Å². The van der Waals surface area contributed by atoms with Crippen LogP contribution in [0.25, 0.3) is 0 Å². The van der Waals surface area contributed by atoms with Crippen molar-refractivity contribution in [3.8, 4) is 6.07 Å². The summed E-state index contributed by atoms with van der Waals surface area (Å²) < 4.78 is 10.9. The Morgan fingerprint density at radius 3 is 2.29 bits per heavy atom. The van der Waals surface area contributed by atoms with Crippen LogP contribution in [0, 0.1) is 22.7 Å². The van der Waals surface area contributed by atoms with Gasteiger partial charge in [-0.15, -0.1) is 0 Å². The molecule has 0 aliphatic heterocycles. The predicted molar refractivity (Wildman–Crippen MR) is 52.7 cm³/mol. The molecule has 6 nitrogen and oxygen atoms in total. The fourth-order valence-electron chi connectivity index (χ4n) is 0.661. The molecule has 80 valence electrons. The van der Waals surface area contributed by atoms with Crippen molar-refractivity contribution in [1.29, 1.82) is 5.26 Å². The molecule has 0 fully saturated rings. The first-order valence-electron chi connectivity index (χ1n) is 4.01. The van der Waals surface area contributed by atoms with Crippen LogP contribution < -0.4 is 16.1 Å². The Morgan fingerprint density at radius 1 is 1.57 bits per heavy atom. The second-order valence-electron chi connectivity index (χ2n) is 3.72.